The lowest BCUT2D eigenvalue weighted by molar-refractivity contribution is 0.250. The fourth-order valence-electron chi connectivity index (χ4n) is 2.64. The summed E-state index contributed by atoms with van der Waals surface area (Å²) < 4.78 is 28.9. The van der Waals surface area contributed by atoms with E-state index in [-0.39, 0.29) is 0 Å². The van der Waals surface area contributed by atoms with Gasteiger partial charge in [-0.15, -0.1) is 0 Å². The molecule has 20 heavy (non-hydrogen) atoms. The molecule has 1 saturated carbocycles. The molecule has 1 aliphatic rings. The molecule has 0 spiro atoms. The zero-order valence-corrected chi connectivity index (χ0v) is 13.2. The zero-order valence-electron chi connectivity index (χ0n) is 12.4. The average Bonchev–Trinajstić information content (AvgIpc) is 2.81. The molecule has 0 unspecified atom stereocenters. The van der Waals surface area contributed by atoms with Crippen LogP contribution in [0.5, 0.6) is 0 Å². The number of nitrogens with two attached hydrogens (primary N) is 1. The zero-order chi connectivity index (χ0) is 14.8. The van der Waals surface area contributed by atoms with Crippen molar-refractivity contribution < 1.29 is 8.42 Å². The van der Waals surface area contributed by atoms with Crippen molar-refractivity contribution in [3.8, 4) is 0 Å². The molecule has 0 amide bonds. The van der Waals surface area contributed by atoms with Gasteiger partial charge in [-0.05, 0) is 31.7 Å². The normalized spacial score (nSPS) is 16.6. The largest absolute Gasteiger partial charge is 0.349 e. The molecule has 0 aromatic carbocycles. The van der Waals surface area contributed by atoms with Gasteiger partial charge in [0.1, 0.15) is 4.90 Å². The van der Waals surface area contributed by atoms with Crippen LogP contribution in [0, 0.1) is 5.92 Å². The van der Waals surface area contributed by atoms with Gasteiger partial charge < -0.3 is 10.3 Å². The third kappa shape index (κ3) is 2.92. The Morgan fingerprint density at radius 2 is 2.10 bits per heavy atom. The van der Waals surface area contributed by atoms with Gasteiger partial charge in [0.15, 0.2) is 0 Å². The first-order chi connectivity index (χ1) is 9.52. The predicted molar refractivity (Wildman–Crippen MR) is 79.8 cm³/mol. The van der Waals surface area contributed by atoms with E-state index in [4.69, 9.17) is 5.73 Å². The predicted octanol–water partition coefficient (Wildman–Crippen LogP) is 1.78. The molecule has 2 rings (SSSR count). The standard InChI is InChI=1S/C14H25N3O2S/c1-3-16-11-14(8-13(16)9-15)20(18,19)17(4-2)10-12-6-5-7-12/h8,11-12H,3-7,9-10,15H2,1-2H3. The molecular weight excluding hydrogens is 274 g/mol. The Morgan fingerprint density at radius 3 is 2.50 bits per heavy atom. The quantitative estimate of drug-likeness (QED) is 0.834. The molecule has 2 N–H and O–H groups in total. The summed E-state index contributed by atoms with van der Waals surface area (Å²) in [7, 11) is -3.39. The Labute approximate surface area is 121 Å². The Hall–Kier alpha value is -0.850. The van der Waals surface area contributed by atoms with E-state index in [0.29, 0.717) is 30.4 Å². The van der Waals surface area contributed by atoms with Gasteiger partial charge in [-0.2, -0.15) is 4.31 Å². The molecule has 1 aliphatic carbocycles. The minimum Gasteiger partial charge on any atom is -0.349 e. The van der Waals surface area contributed by atoms with Crippen molar-refractivity contribution in [2.45, 2.75) is 51.1 Å². The molecule has 0 bridgehead atoms. The van der Waals surface area contributed by atoms with Crippen LogP contribution in [0.15, 0.2) is 17.2 Å². The molecule has 1 aromatic rings. The maximum atomic E-state index is 12.7. The third-order valence-electron chi connectivity index (χ3n) is 4.19. The van der Waals surface area contributed by atoms with Crippen LogP contribution in [0.2, 0.25) is 0 Å². The smallest absolute Gasteiger partial charge is 0.244 e. The van der Waals surface area contributed by atoms with Gasteiger partial charge in [-0.1, -0.05) is 13.3 Å². The van der Waals surface area contributed by atoms with E-state index in [9.17, 15) is 8.42 Å². The Bertz CT molecular complexity index is 525. The summed E-state index contributed by atoms with van der Waals surface area (Å²) in [4.78, 5) is 0.376. The van der Waals surface area contributed by atoms with Crippen molar-refractivity contribution >= 4 is 10.0 Å². The molecule has 0 aliphatic heterocycles. The number of sulfonamides is 1. The second kappa shape index (κ2) is 6.28. The minimum atomic E-state index is -3.39. The monoisotopic (exact) mass is 299 g/mol. The molecule has 5 nitrogen and oxygen atoms in total. The van der Waals surface area contributed by atoms with Crippen LogP contribution >= 0.6 is 0 Å². The number of rotatable bonds is 7. The van der Waals surface area contributed by atoms with E-state index in [1.807, 2.05) is 18.4 Å². The minimum absolute atomic E-state index is 0.359. The summed E-state index contributed by atoms with van der Waals surface area (Å²) in [6, 6.07) is 1.71. The average molecular weight is 299 g/mol. The highest BCUT2D eigenvalue weighted by Gasteiger charge is 2.29. The lowest BCUT2D eigenvalue weighted by atomic mass is 9.85. The number of hydrogen-bond donors (Lipinski definition) is 1. The molecule has 0 atom stereocenters. The molecule has 0 radical (unpaired) electrons. The summed E-state index contributed by atoms with van der Waals surface area (Å²) >= 11 is 0. The van der Waals surface area contributed by atoms with Crippen LogP contribution in [0.1, 0.15) is 38.8 Å². The van der Waals surface area contributed by atoms with Crippen LogP contribution in [0.25, 0.3) is 0 Å². The van der Waals surface area contributed by atoms with Crippen LogP contribution in [0.4, 0.5) is 0 Å². The highest BCUT2D eigenvalue weighted by molar-refractivity contribution is 7.89. The Morgan fingerprint density at radius 1 is 1.40 bits per heavy atom. The van der Waals surface area contributed by atoms with Crippen LogP contribution < -0.4 is 5.73 Å². The molecule has 1 aromatic heterocycles. The first kappa shape index (κ1) is 15.5. The molecular formula is C14H25N3O2S. The fourth-order valence-corrected chi connectivity index (χ4v) is 4.23. The van der Waals surface area contributed by atoms with Gasteiger partial charge in [0.05, 0.1) is 0 Å². The number of hydrogen-bond acceptors (Lipinski definition) is 3. The van der Waals surface area contributed by atoms with Crippen LogP contribution in [-0.4, -0.2) is 30.4 Å². The summed E-state index contributed by atoms with van der Waals surface area (Å²) in [5.74, 6) is 0.534. The Kier molecular flexibility index (Phi) is 4.88. The summed E-state index contributed by atoms with van der Waals surface area (Å²) in [5, 5.41) is 0. The highest BCUT2D eigenvalue weighted by atomic mass is 32.2. The van der Waals surface area contributed by atoms with Crippen molar-refractivity contribution in [2.75, 3.05) is 13.1 Å². The Balaban J connectivity index is 2.24. The number of aromatic nitrogens is 1. The van der Waals surface area contributed by atoms with Gasteiger partial charge in [-0.3, -0.25) is 0 Å². The maximum Gasteiger partial charge on any atom is 0.244 e. The van der Waals surface area contributed by atoms with Crippen molar-refractivity contribution in [1.82, 2.24) is 8.87 Å². The van der Waals surface area contributed by atoms with Crippen LogP contribution in [0.3, 0.4) is 0 Å². The van der Waals surface area contributed by atoms with Crippen molar-refractivity contribution in [1.29, 1.82) is 0 Å². The first-order valence-electron chi connectivity index (χ1n) is 7.42. The van der Waals surface area contributed by atoms with Crippen molar-refractivity contribution in [3.05, 3.63) is 18.0 Å². The fraction of sp³-hybridized carbons (Fsp3) is 0.714. The van der Waals surface area contributed by atoms with E-state index < -0.39 is 10.0 Å². The topological polar surface area (TPSA) is 68.3 Å². The van der Waals surface area contributed by atoms with Gasteiger partial charge >= 0.3 is 0 Å². The second-order valence-corrected chi connectivity index (χ2v) is 7.35. The van der Waals surface area contributed by atoms with Crippen molar-refractivity contribution in [3.63, 3.8) is 0 Å². The molecule has 0 saturated heterocycles. The van der Waals surface area contributed by atoms with E-state index in [0.717, 1.165) is 25.1 Å². The number of aryl methyl sites for hydroxylation is 1. The van der Waals surface area contributed by atoms with Crippen molar-refractivity contribution in [2.24, 2.45) is 11.7 Å². The number of nitrogens with zero attached hydrogens (tertiary/aromatic N) is 2. The van der Waals surface area contributed by atoms with Gasteiger partial charge in [0, 0.05) is 38.1 Å². The van der Waals surface area contributed by atoms with E-state index in [1.165, 1.54) is 6.42 Å². The maximum absolute atomic E-state index is 12.7. The third-order valence-corrected chi connectivity index (χ3v) is 6.09. The van der Waals surface area contributed by atoms with Crippen LogP contribution in [-0.2, 0) is 23.1 Å². The van der Waals surface area contributed by atoms with E-state index in [2.05, 4.69) is 0 Å². The van der Waals surface area contributed by atoms with E-state index >= 15 is 0 Å². The molecule has 6 heteroatoms. The van der Waals surface area contributed by atoms with Gasteiger partial charge in [-0.25, -0.2) is 8.42 Å². The molecule has 1 heterocycles. The SMILES string of the molecule is CCN(CC1CCC1)S(=O)(=O)c1cc(CN)n(CC)c1. The highest BCUT2D eigenvalue weighted by Crippen LogP contribution is 2.29. The second-order valence-electron chi connectivity index (χ2n) is 5.41. The van der Waals surface area contributed by atoms with Gasteiger partial charge in [0.25, 0.3) is 0 Å². The lowest BCUT2D eigenvalue weighted by Gasteiger charge is -2.30. The first-order valence-corrected chi connectivity index (χ1v) is 8.86. The van der Waals surface area contributed by atoms with E-state index in [1.54, 1.807) is 16.6 Å². The lowest BCUT2D eigenvalue weighted by Crippen LogP contribution is -2.37. The molecule has 1 fully saturated rings. The summed E-state index contributed by atoms with van der Waals surface area (Å²) in [5.41, 5.74) is 6.54. The molecule has 114 valence electrons. The van der Waals surface area contributed by atoms with Gasteiger partial charge in [0.2, 0.25) is 10.0 Å². The summed E-state index contributed by atoms with van der Waals surface area (Å²) in [6.07, 6.45) is 5.23. The summed E-state index contributed by atoms with van der Waals surface area (Å²) in [6.45, 7) is 6.15.